The Morgan fingerprint density at radius 2 is 2.40 bits per heavy atom. The van der Waals surface area contributed by atoms with Crippen molar-refractivity contribution in [1.29, 1.82) is 0 Å². The highest BCUT2D eigenvalue weighted by Crippen LogP contribution is 2.06. The average molecular weight is 135 g/mol. The molecule has 0 saturated heterocycles. The molecule has 1 radical (unpaired) electrons. The smallest absolute Gasteiger partial charge is 0.330 e. The summed E-state index contributed by atoms with van der Waals surface area (Å²) in [5.41, 5.74) is 1.92. The topological polar surface area (TPSA) is 9.23 Å². The van der Waals surface area contributed by atoms with Crippen LogP contribution >= 0.6 is 0 Å². The van der Waals surface area contributed by atoms with Crippen LogP contribution in [-0.4, -0.2) is 7.48 Å². The molecular formula is C7H5BFO. The molecule has 1 nitrogen and oxygen atoms in total. The van der Waals surface area contributed by atoms with Gasteiger partial charge < -0.3 is 4.65 Å². The van der Waals surface area contributed by atoms with Crippen molar-refractivity contribution in [3.05, 3.63) is 29.6 Å². The molecule has 0 atom stereocenters. The van der Waals surface area contributed by atoms with Gasteiger partial charge >= 0.3 is 7.48 Å². The molecule has 1 aromatic rings. The standard InChI is InChI=1S/C7H5BFO/c9-6-2-1-5-4-10-8-7(5)3-6/h1-3H,4H2. The fourth-order valence-corrected chi connectivity index (χ4v) is 1.03. The van der Waals surface area contributed by atoms with Gasteiger partial charge in [0.25, 0.3) is 0 Å². The Bertz CT molecular complexity index is 262. The van der Waals surface area contributed by atoms with E-state index in [0.717, 1.165) is 11.0 Å². The van der Waals surface area contributed by atoms with Gasteiger partial charge in [-0.25, -0.2) is 4.39 Å². The van der Waals surface area contributed by atoms with E-state index < -0.39 is 0 Å². The molecule has 0 unspecified atom stereocenters. The summed E-state index contributed by atoms with van der Waals surface area (Å²) in [5, 5.41) is 0. The monoisotopic (exact) mass is 135 g/mol. The number of halogens is 1. The van der Waals surface area contributed by atoms with Crippen LogP contribution in [0.25, 0.3) is 0 Å². The lowest BCUT2D eigenvalue weighted by Crippen LogP contribution is -2.11. The van der Waals surface area contributed by atoms with Gasteiger partial charge in [-0.3, -0.25) is 0 Å². The van der Waals surface area contributed by atoms with Gasteiger partial charge in [-0.2, -0.15) is 0 Å². The third-order valence-electron chi connectivity index (χ3n) is 1.56. The average Bonchev–Trinajstić information content (AvgIpc) is 2.33. The van der Waals surface area contributed by atoms with Crippen LogP contribution in [0.2, 0.25) is 0 Å². The zero-order chi connectivity index (χ0) is 6.97. The maximum absolute atomic E-state index is 12.5. The van der Waals surface area contributed by atoms with E-state index in [1.807, 2.05) is 0 Å². The largest absolute Gasteiger partial charge is 0.430 e. The Balaban J connectivity index is 2.52. The van der Waals surface area contributed by atoms with Crippen molar-refractivity contribution in [3.63, 3.8) is 0 Å². The molecule has 1 aliphatic rings. The molecule has 0 fully saturated rings. The second-order valence-electron chi connectivity index (χ2n) is 2.27. The summed E-state index contributed by atoms with van der Waals surface area (Å²) in [5.74, 6) is -0.208. The Labute approximate surface area is 59.1 Å². The summed E-state index contributed by atoms with van der Waals surface area (Å²) in [6.07, 6.45) is 0. The summed E-state index contributed by atoms with van der Waals surface area (Å²) in [7, 11) is 1.58. The molecule has 3 heteroatoms. The zero-order valence-corrected chi connectivity index (χ0v) is 5.30. The van der Waals surface area contributed by atoms with E-state index in [0.29, 0.717) is 6.61 Å². The van der Waals surface area contributed by atoms with Crippen LogP contribution in [0.15, 0.2) is 18.2 Å². The molecular weight excluding hydrogens is 130 g/mol. The highest BCUT2D eigenvalue weighted by Gasteiger charge is 2.12. The Morgan fingerprint density at radius 1 is 1.50 bits per heavy atom. The molecule has 0 aromatic heterocycles. The van der Waals surface area contributed by atoms with Crippen LogP contribution in [0.4, 0.5) is 4.39 Å². The van der Waals surface area contributed by atoms with Gasteiger partial charge in [0.2, 0.25) is 0 Å². The van der Waals surface area contributed by atoms with Crippen molar-refractivity contribution < 1.29 is 9.04 Å². The van der Waals surface area contributed by atoms with E-state index >= 15 is 0 Å². The van der Waals surface area contributed by atoms with Gasteiger partial charge in [0, 0.05) is 0 Å². The molecule has 10 heavy (non-hydrogen) atoms. The SMILES string of the molecule is Fc1ccc2c(c1)[B]OC2. The van der Waals surface area contributed by atoms with E-state index in [-0.39, 0.29) is 5.82 Å². The first-order valence-corrected chi connectivity index (χ1v) is 3.09. The molecule has 1 aliphatic heterocycles. The second-order valence-corrected chi connectivity index (χ2v) is 2.27. The lowest BCUT2D eigenvalue weighted by molar-refractivity contribution is 0.345. The maximum atomic E-state index is 12.5. The molecule has 0 N–H and O–H groups in total. The zero-order valence-electron chi connectivity index (χ0n) is 5.30. The number of fused-ring (bicyclic) bond motifs is 1. The van der Waals surface area contributed by atoms with Gasteiger partial charge in [0.05, 0.1) is 6.61 Å². The predicted molar refractivity (Wildman–Crippen MR) is 36.6 cm³/mol. The molecule has 2 rings (SSSR count). The van der Waals surface area contributed by atoms with Crippen molar-refractivity contribution in [3.8, 4) is 0 Å². The third-order valence-corrected chi connectivity index (χ3v) is 1.56. The normalized spacial score (nSPS) is 14.5. The Kier molecular flexibility index (Phi) is 1.24. The Hall–Kier alpha value is -0.825. The second kappa shape index (κ2) is 2.09. The van der Waals surface area contributed by atoms with Gasteiger partial charge in [-0.15, -0.1) is 0 Å². The molecule has 0 amide bonds. The van der Waals surface area contributed by atoms with E-state index in [1.165, 1.54) is 12.1 Å². The first-order valence-electron chi connectivity index (χ1n) is 3.09. The minimum atomic E-state index is -0.208. The highest BCUT2D eigenvalue weighted by atomic mass is 19.1. The van der Waals surface area contributed by atoms with Gasteiger partial charge in [0.1, 0.15) is 5.82 Å². The van der Waals surface area contributed by atoms with Crippen LogP contribution in [0, 0.1) is 5.82 Å². The molecule has 0 bridgehead atoms. The van der Waals surface area contributed by atoms with Crippen LogP contribution in [-0.2, 0) is 11.3 Å². The summed E-state index contributed by atoms with van der Waals surface area (Å²) >= 11 is 0. The molecule has 1 heterocycles. The van der Waals surface area contributed by atoms with Crippen molar-refractivity contribution in [1.82, 2.24) is 0 Å². The van der Waals surface area contributed by atoms with E-state index in [1.54, 1.807) is 13.5 Å². The molecule has 0 spiro atoms. The van der Waals surface area contributed by atoms with Gasteiger partial charge in [-0.05, 0) is 23.2 Å². The fraction of sp³-hybridized carbons (Fsp3) is 0.143. The molecule has 1 aromatic carbocycles. The molecule has 0 saturated carbocycles. The quantitative estimate of drug-likeness (QED) is 0.473. The van der Waals surface area contributed by atoms with Crippen molar-refractivity contribution in [2.45, 2.75) is 6.61 Å². The van der Waals surface area contributed by atoms with Crippen LogP contribution in [0.5, 0.6) is 0 Å². The first kappa shape index (κ1) is 5.92. The summed E-state index contributed by atoms with van der Waals surface area (Å²) in [6, 6.07) is 4.66. The third kappa shape index (κ3) is 0.828. The van der Waals surface area contributed by atoms with Crippen molar-refractivity contribution in [2.24, 2.45) is 0 Å². The fourth-order valence-electron chi connectivity index (χ4n) is 1.03. The van der Waals surface area contributed by atoms with Crippen molar-refractivity contribution >= 4 is 12.9 Å². The number of benzene rings is 1. The van der Waals surface area contributed by atoms with E-state index in [4.69, 9.17) is 4.65 Å². The van der Waals surface area contributed by atoms with Crippen LogP contribution in [0.3, 0.4) is 0 Å². The van der Waals surface area contributed by atoms with E-state index in [2.05, 4.69) is 0 Å². The summed E-state index contributed by atoms with van der Waals surface area (Å²) in [6.45, 7) is 0.579. The van der Waals surface area contributed by atoms with Crippen LogP contribution < -0.4 is 5.46 Å². The molecule has 0 aliphatic carbocycles. The van der Waals surface area contributed by atoms with E-state index in [9.17, 15) is 4.39 Å². The summed E-state index contributed by atoms with van der Waals surface area (Å²) in [4.78, 5) is 0. The predicted octanol–water partition coefficient (Wildman–Crippen LogP) is 0.600. The number of hydrogen-bond donors (Lipinski definition) is 0. The van der Waals surface area contributed by atoms with Gasteiger partial charge in [0.15, 0.2) is 0 Å². The van der Waals surface area contributed by atoms with Crippen molar-refractivity contribution in [2.75, 3.05) is 0 Å². The lowest BCUT2D eigenvalue weighted by atomic mass is 9.87. The maximum Gasteiger partial charge on any atom is 0.330 e. The summed E-state index contributed by atoms with van der Waals surface area (Å²) < 4.78 is 17.5. The van der Waals surface area contributed by atoms with Gasteiger partial charge in [-0.1, -0.05) is 6.07 Å². The Morgan fingerprint density at radius 3 is 3.30 bits per heavy atom. The lowest BCUT2D eigenvalue weighted by Gasteiger charge is -1.93. The van der Waals surface area contributed by atoms with Crippen LogP contribution in [0.1, 0.15) is 5.56 Å². The highest BCUT2D eigenvalue weighted by molar-refractivity contribution is 6.48. The minimum Gasteiger partial charge on any atom is -0.430 e. The first-order chi connectivity index (χ1) is 4.86. The number of hydrogen-bond acceptors (Lipinski definition) is 1. The minimum absolute atomic E-state index is 0.208. The number of rotatable bonds is 0. The molecule has 49 valence electrons.